The van der Waals surface area contributed by atoms with Crippen LogP contribution in [-0.4, -0.2) is 25.7 Å². The molecule has 0 aliphatic rings. The van der Waals surface area contributed by atoms with E-state index in [0.717, 1.165) is 43.0 Å². The minimum Gasteiger partial charge on any atom is -0.325 e. The number of halogens is 2. The molecule has 0 saturated carbocycles. The molecule has 0 aliphatic carbocycles. The Morgan fingerprint density at radius 3 is 2.37 bits per heavy atom. The molecular formula is C19H19Br2N5O. The molecule has 0 bridgehead atoms. The zero-order chi connectivity index (χ0) is 19.7. The Morgan fingerprint density at radius 2 is 1.74 bits per heavy atom. The second kappa shape index (κ2) is 7.90. The van der Waals surface area contributed by atoms with Crippen molar-refractivity contribution in [3.8, 4) is 5.95 Å². The van der Waals surface area contributed by atoms with E-state index in [1.807, 2.05) is 52.0 Å². The molecule has 0 saturated heterocycles. The number of benzene rings is 1. The predicted molar refractivity (Wildman–Crippen MR) is 112 cm³/mol. The Kier molecular flexibility index (Phi) is 5.76. The summed E-state index contributed by atoms with van der Waals surface area (Å²) in [6.45, 7) is 7.67. The third-order valence-electron chi connectivity index (χ3n) is 4.14. The lowest BCUT2D eigenvalue weighted by molar-refractivity contribution is -0.115. The summed E-state index contributed by atoms with van der Waals surface area (Å²) in [4.78, 5) is 21.5. The van der Waals surface area contributed by atoms with Gasteiger partial charge in [-0.2, -0.15) is 5.10 Å². The molecule has 1 aromatic carbocycles. The number of aryl methyl sites for hydroxylation is 3. The lowest BCUT2D eigenvalue weighted by Crippen LogP contribution is -2.16. The van der Waals surface area contributed by atoms with Crippen LogP contribution in [0.15, 0.2) is 33.2 Å². The molecule has 6 nitrogen and oxygen atoms in total. The largest absolute Gasteiger partial charge is 0.325 e. The van der Waals surface area contributed by atoms with Crippen LogP contribution in [0.2, 0.25) is 0 Å². The topological polar surface area (TPSA) is 72.7 Å². The van der Waals surface area contributed by atoms with Gasteiger partial charge >= 0.3 is 0 Å². The number of nitrogens with zero attached hydrogens (tertiary/aromatic N) is 4. The molecule has 140 valence electrons. The van der Waals surface area contributed by atoms with Gasteiger partial charge < -0.3 is 5.32 Å². The van der Waals surface area contributed by atoms with Gasteiger partial charge in [0.15, 0.2) is 0 Å². The molecule has 1 amide bonds. The van der Waals surface area contributed by atoms with E-state index in [1.54, 1.807) is 4.68 Å². The zero-order valence-corrected chi connectivity index (χ0v) is 18.6. The fraction of sp³-hybridized carbons (Fsp3) is 0.263. The maximum atomic E-state index is 12.6. The second-order valence-electron chi connectivity index (χ2n) is 6.36. The molecule has 0 fully saturated rings. The van der Waals surface area contributed by atoms with Gasteiger partial charge in [0.25, 0.3) is 5.95 Å². The minimum absolute atomic E-state index is 0.106. The van der Waals surface area contributed by atoms with Crippen molar-refractivity contribution in [2.24, 2.45) is 0 Å². The number of anilines is 1. The summed E-state index contributed by atoms with van der Waals surface area (Å²) in [5.41, 5.74) is 5.02. The monoisotopic (exact) mass is 491 g/mol. The standard InChI is InChI=1S/C19H19Br2N5O/c1-10-7-11(2)23-19(22-10)26-13(4)15(12(3)25-26)9-18(27)24-17-6-5-14(20)8-16(17)21/h5-8H,9H2,1-4H3,(H,24,27). The van der Waals surface area contributed by atoms with Gasteiger partial charge in [0, 0.05) is 31.6 Å². The summed E-state index contributed by atoms with van der Waals surface area (Å²) in [6.07, 6.45) is 0.227. The fourth-order valence-corrected chi connectivity index (χ4v) is 4.02. The summed E-state index contributed by atoms with van der Waals surface area (Å²) in [5, 5.41) is 7.48. The van der Waals surface area contributed by atoms with Gasteiger partial charge in [0.2, 0.25) is 5.91 Å². The highest BCUT2D eigenvalue weighted by atomic mass is 79.9. The molecule has 0 atom stereocenters. The van der Waals surface area contributed by atoms with Crippen LogP contribution < -0.4 is 5.32 Å². The molecule has 0 radical (unpaired) electrons. The SMILES string of the molecule is Cc1cc(C)nc(-n2nc(C)c(CC(=O)Nc3ccc(Br)cc3Br)c2C)n1. The van der Waals surface area contributed by atoms with Crippen molar-refractivity contribution in [3.63, 3.8) is 0 Å². The van der Waals surface area contributed by atoms with E-state index in [2.05, 4.69) is 52.2 Å². The van der Waals surface area contributed by atoms with E-state index in [-0.39, 0.29) is 12.3 Å². The van der Waals surface area contributed by atoms with Crippen molar-refractivity contribution in [3.05, 3.63) is 61.6 Å². The molecule has 8 heteroatoms. The van der Waals surface area contributed by atoms with E-state index in [0.29, 0.717) is 5.95 Å². The van der Waals surface area contributed by atoms with Crippen molar-refractivity contribution < 1.29 is 4.79 Å². The van der Waals surface area contributed by atoms with Crippen LogP contribution in [-0.2, 0) is 11.2 Å². The van der Waals surface area contributed by atoms with Crippen LogP contribution in [0.1, 0.15) is 28.3 Å². The van der Waals surface area contributed by atoms with Gasteiger partial charge in [-0.1, -0.05) is 15.9 Å². The van der Waals surface area contributed by atoms with Crippen LogP contribution in [0.4, 0.5) is 5.69 Å². The maximum absolute atomic E-state index is 12.6. The lowest BCUT2D eigenvalue weighted by atomic mass is 10.1. The third kappa shape index (κ3) is 4.44. The summed E-state index contributed by atoms with van der Waals surface area (Å²) in [5.74, 6) is 0.417. The first kappa shape index (κ1) is 19.7. The molecule has 2 aromatic heterocycles. The molecule has 0 aliphatic heterocycles. The van der Waals surface area contributed by atoms with Crippen molar-refractivity contribution in [2.75, 3.05) is 5.32 Å². The number of carbonyl (C=O) groups is 1. The first-order chi connectivity index (χ1) is 12.7. The van der Waals surface area contributed by atoms with Crippen LogP contribution in [0.3, 0.4) is 0 Å². The highest BCUT2D eigenvalue weighted by Gasteiger charge is 2.18. The highest BCUT2D eigenvalue weighted by molar-refractivity contribution is 9.11. The molecule has 0 unspecified atom stereocenters. The quantitative estimate of drug-likeness (QED) is 0.577. The van der Waals surface area contributed by atoms with Gasteiger partial charge in [-0.3, -0.25) is 4.79 Å². The Hall–Kier alpha value is -2.06. The maximum Gasteiger partial charge on any atom is 0.251 e. The highest BCUT2D eigenvalue weighted by Crippen LogP contribution is 2.26. The Balaban J connectivity index is 1.85. The predicted octanol–water partition coefficient (Wildman–Crippen LogP) is 4.60. The van der Waals surface area contributed by atoms with E-state index < -0.39 is 0 Å². The lowest BCUT2D eigenvalue weighted by Gasteiger charge is -2.09. The van der Waals surface area contributed by atoms with Gasteiger partial charge in [-0.05, 0) is 67.9 Å². The average molecular weight is 493 g/mol. The van der Waals surface area contributed by atoms with E-state index in [9.17, 15) is 4.79 Å². The number of rotatable bonds is 4. The number of aromatic nitrogens is 4. The normalized spacial score (nSPS) is 10.9. The van der Waals surface area contributed by atoms with Crippen molar-refractivity contribution in [1.82, 2.24) is 19.7 Å². The first-order valence-electron chi connectivity index (χ1n) is 8.37. The number of carbonyl (C=O) groups excluding carboxylic acids is 1. The molecule has 2 heterocycles. The number of hydrogen-bond donors (Lipinski definition) is 1. The molecule has 3 aromatic rings. The van der Waals surface area contributed by atoms with Crippen molar-refractivity contribution in [1.29, 1.82) is 0 Å². The average Bonchev–Trinajstić information content (AvgIpc) is 2.85. The second-order valence-corrected chi connectivity index (χ2v) is 8.13. The molecular weight excluding hydrogens is 474 g/mol. The Morgan fingerprint density at radius 1 is 1.07 bits per heavy atom. The van der Waals surface area contributed by atoms with E-state index in [4.69, 9.17) is 0 Å². The molecule has 1 N–H and O–H groups in total. The van der Waals surface area contributed by atoms with Gasteiger partial charge in [-0.25, -0.2) is 14.6 Å². The zero-order valence-electron chi connectivity index (χ0n) is 15.5. The molecule has 27 heavy (non-hydrogen) atoms. The van der Waals surface area contributed by atoms with Gasteiger partial charge in [0.1, 0.15) is 0 Å². The van der Waals surface area contributed by atoms with Crippen LogP contribution >= 0.6 is 31.9 Å². The summed E-state index contributed by atoms with van der Waals surface area (Å²) >= 11 is 6.87. The minimum atomic E-state index is -0.106. The molecule has 0 spiro atoms. The Labute approximate surface area is 174 Å². The van der Waals surface area contributed by atoms with E-state index in [1.165, 1.54) is 0 Å². The van der Waals surface area contributed by atoms with Gasteiger partial charge in [-0.15, -0.1) is 0 Å². The number of nitrogens with one attached hydrogen (secondary N) is 1. The van der Waals surface area contributed by atoms with Crippen LogP contribution in [0, 0.1) is 27.7 Å². The molecule has 3 rings (SSSR count). The fourth-order valence-electron chi connectivity index (χ4n) is 2.87. The van der Waals surface area contributed by atoms with Gasteiger partial charge in [0.05, 0.1) is 17.8 Å². The number of hydrogen-bond acceptors (Lipinski definition) is 4. The van der Waals surface area contributed by atoms with E-state index >= 15 is 0 Å². The van der Waals surface area contributed by atoms with Crippen molar-refractivity contribution in [2.45, 2.75) is 34.1 Å². The number of amides is 1. The summed E-state index contributed by atoms with van der Waals surface area (Å²) in [6, 6.07) is 7.53. The third-order valence-corrected chi connectivity index (χ3v) is 5.29. The smallest absolute Gasteiger partial charge is 0.251 e. The Bertz CT molecular complexity index is 1010. The van der Waals surface area contributed by atoms with Crippen LogP contribution in [0.5, 0.6) is 0 Å². The summed E-state index contributed by atoms with van der Waals surface area (Å²) < 4.78 is 3.46. The summed E-state index contributed by atoms with van der Waals surface area (Å²) in [7, 11) is 0. The van der Waals surface area contributed by atoms with Crippen molar-refractivity contribution >= 4 is 43.5 Å². The first-order valence-corrected chi connectivity index (χ1v) is 9.96. The van der Waals surface area contributed by atoms with Crippen LogP contribution in [0.25, 0.3) is 5.95 Å².